The van der Waals surface area contributed by atoms with E-state index < -0.39 is 11.7 Å². The summed E-state index contributed by atoms with van der Waals surface area (Å²) in [5.41, 5.74) is -0.406. The number of anilines is 1. The van der Waals surface area contributed by atoms with Gasteiger partial charge in [-0.2, -0.15) is 18.4 Å². The smallest absolute Gasteiger partial charge is 0.362 e. The number of nitriles is 1. The molecule has 0 bridgehead atoms. The summed E-state index contributed by atoms with van der Waals surface area (Å²) in [4.78, 5) is 2.85. The van der Waals surface area contributed by atoms with Crippen LogP contribution >= 0.6 is 12.2 Å². The van der Waals surface area contributed by atoms with Crippen molar-refractivity contribution >= 4 is 23.0 Å². The van der Waals surface area contributed by atoms with E-state index in [1.807, 2.05) is 20.2 Å². The Bertz CT molecular complexity index is 581. The van der Waals surface area contributed by atoms with Gasteiger partial charge in [-0.3, -0.25) is 0 Å². The lowest BCUT2D eigenvalue weighted by Crippen LogP contribution is -3.05. The maximum Gasteiger partial charge on any atom is 0.416 e. The Labute approximate surface area is 145 Å². The first-order chi connectivity index (χ1) is 11.3. The first-order valence-corrected chi connectivity index (χ1v) is 8.05. The van der Waals surface area contributed by atoms with Crippen molar-refractivity contribution in [2.75, 3.05) is 38.6 Å². The Morgan fingerprint density at radius 1 is 1.38 bits per heavy atom. The quantitative estimate of drug-likeness (QED) is 0.576. The molecule has 0 unspecified atom stereocenters. The van der Waals surface area contributed by atoms with Crippen molar-refractivity contribution in [3.8, 4) is 6.07 Å². The van der Waals surface area contributed by atoms with Crippen LogP contribution in [0.2, 0.25) is 0 Å². The first-order valence-electron chi connectivity index (χ1n) is 7.64. The average molecular weight is 359 g/mol. The summed E-state index contributed by atoms with van der Waals surface area (Å²) in [7, 11) is 4.08. The number of thiocarbonyl (C=S) groups is 1. The van der Waals surface area contributed by atoms with Crippen LogP contribution < -0.4 is 15.1 Å². The standard InChI is InChI=1S/C16H21F3N4S/c1-22(2)10-5-9-21-15(24)23(11-4-8-20)14-7-3-6-13(12-14)16(17,18)19/h3,6-7,12H,4-5,9-11H2,1-2H3,(H,21,24)/p+1. The number of halogens is 3. The summed E-state index contributed by atoms with van der Waals surface area (Å²) in [6, 6.07) is 6.97. The van der Waals surface area contributed by atoms with Gasteiger partial charge < -0.3 is 15.1 Å². The Hall–Kier alpha value is -1.85. The SMILES string of the molecule is C[NH+](C)CCCNC(=S)N(CCC#N)c1cccc(C(F)(F)F)c1. The van der Waals surface area contributed by atoms with Crippen molar-refractivity contribution in [1.82, 2.24) is 5.32 Å². The average Bonchev–Trinajstić information content (AvgIpc) is 2.51. The molecule has 0 aliphatic rings. The van der Waals surface area contributed by atoms with Gasteiger partial charge in [0.1, 0.15) is 0 Å². The molecule has 0 amide bonds. The minimum atomic E-state index is -4.42. The molecule has 0 saturated heterocycles. The van der Waals surface area contributed by atoms with Crippen LogP contribution in [0.5, 0.6) is 0 Å². The molecule has 0 radical (unpaired) electrons. The van der Waals surface area contributed by atoms with E-state index in [1.165, 1.54) is 15.9 Å². The third-order valence-corrected chi connectivity index (χ3v) is 3.67. The number of quaternary nitrogens is 1. The highest BCUT2D eigenvalue weighted by atomic mass is 32.1. The first kappa shape index (κ1) is 20.2. The van der Waals surface area contributed by atoms with Crippen molar-refractivity contribution < 1.29 is 18.1 Å². The van der Waals surface area contributed by atoms with E-state index in [0.717, 1.165) is 25.1 Å². The second-order valence-electron chi connectivity index (χ2n) is 5.65. The molecule has 4 nitrogen and oxygen atoms in total. The van der Waals surface area contributed by atoms with Gasteiger partial charge >= 0.3 is 6.18 Å². The summed E-state index contributed by atoms with van der Waals surface area (Å²) in [5, 5.41) is 12.2. The summed E-state index contributed by atoms with van der Waals surface area (Å²) in [5.74, 6) is 0. The molecule has 1 aromatic rings. The van der Waals surface area contributed by atoms with Crippen molar-refractivity contribution in [2.24, 2.45) is 0 Å². The van der Waals surface area contributed by atoms with Gasteiger partial charge in [0.15, 0.2) is 5.11 Å². The summed E-state index contributed by atoms with van der Waals surface area (Å²) >= 11 is 5.30. The van der Waals surface area contributed by atoms with Gasteiger partial charge in [0.2, 0.25) is 0 Å². The Morgan fingerprint density at radius 3 is 2.67 bits per heavy atom. The summed E-state index contributed by atoms with van der Waals surface area (Å²) in [6.45, 7) is 1.83. The lowest BCUT2D eigenvalue weighted by molar-refractivity contribution is -0.858. The maximum atomic E-state index is 12.9. The van der Waals surface area contributed by atoms with Gasteiger partial charge in [-0.25, -0.2) is 0 Å². The Morgan fingerprint density at radius 2 is 2.08 bits per heavy atom. The molecule has 0 fully saturated rings. The third kappa shape index (κ3) is 6.72. The zero-order chi connectivity index (χ0) is 18.2. The molecule has 0 spiro atoms. The van der Waals surface area contributed by atoms with Gasteiger partial charge in [-0.15, -0.1) is 0 Å². The number of nitrogens with zero attached hydrogens (tertiary/aromatic N) is 2. The molecular weight excluding hydrogens is 337 g/mol. The minimum absolute atomic E-state index is 0.167. The van der Waals surface area contributed by atoms with Crippen LogP contribution in [0.1, 0.15) is 18.4 Å². The van der Waals surface area contributed by atoms with Gasteiger partial charge in [0, 0.05) is 25.2 Å². The van der Waals surface area contributed by atoms with Crippen molar-refractivity contribution in [3.63, 3.8) is 0 Å². The number of hydrogen-bond acceptors (Lipinski definition) is 2. The zero-order valence-electron chi connectivity index (χ0n) is 13.8. The number of rotatable bonds is 7. The largest absolute Gasteiger partial charge is 0.416 e. The second kappa shape index (κ2) is 9.45. The fourth-order valence-corrected chi connectivity index (χ4v) is 2.39. The Balaban J connectivity index is 2.85. The van der Waals surface area contributed by atoms with E-state index in [0.29, 0.717) is 17.3 Å². The van der Waals surface area contributed by atoms with Crippen LogP contribution in [-0.2, 0) is 6.18 Å². The van der Waals surface area contributed by atoms with Crippen LogP contribution in [-0.4, -0.2) is 38.8 Å². The van der Waals surface area contributed by atoms with Crippen molar-refractivity contribution in [3.05, 3.63) is 29.8 Å². The van der Waals surface area contributed by atoms with E-state index >= 15 is 0 Å². The van der Waals surface area contributed by atoms with E-state index in [4.69, 9.17) is 17.5 Å². The van der Waals surface area contributed by atoms with Crippen molar-refractivity contribution in [1.29, 1.82) is 5.26 Å². The normalized spacial score (nSPS) is 11.2. The number of benzene rings is 1. The lowest BCUT2D eigenvalue weighted by Gasteiger charge is -2.26. The molecule has 8 heteroatoms. The maximum absolute atomic E-state index is 12.9. The molecule has 0 aliphatic heterocycles. The molecule has 0 atom stereocenters. The van der Waals surface area contributed by atoms with Crippen LogP contribution in [0.3, 0.4) is 0 Å². The topological polar surface area (TPSA) is 43.5 Å². The predicted octanol–water partition coefficient (Wildman–Crippen LogP) is 1.83. The highest BCUT2D eigenvalue weighted by Crippen LogP contribution is 2.31. The molecule has 2 N–H and O–H groups in total. The van der Waals surface area contributed by atoms with Gasteiger partial charge in [0.25, 0.3) is 0 Å². The lowest BCUT2D eigenvalue weighted by atomic mass is 10.2. The molecule has 132 valence electrons. The summed E-state index contributed by atoms with van der Waals surface area (Å²) < 4.78 is 38.7. The highest BCUT2D eigenvalue weighted by molar-refractivity contribution is 7.80. The van der Waals surface area contributed by atoms with Crippen LogP contribution in [0.25, 0.3) is 0 Å². The second-order valence-corrected chi connectivity index (χ2v) is 6.04. The molecule has 0 saturated carbocycles. The highest BCUT2D eigenvalue weighted by Gasteiger charge is 2.31. The molecule has 0 aromatic heterocycles. The van der Waals surface area contributed by atoms with Gasteiger partial charge in [0.05, 0.1) is 38.7 Å². The minimum Gasteiger partial charge on any atom is -0.362 e. The molecule has 0 aliphatic carbocycles. The third-order valence-electron chi connectivity index (χ3n) is 3.31. The molecule has 1 aromatic carbocycles. The van der Waals surface area contributed by atoms with Gasteiger partial charge in [-0.1, -0.05) is 6.07 Å². The van der Waals surface area contributed by atoms with Crippen LogP contribution in [0, 0.1) is 11.3 Å². The van der Waals surface area contributed by atoms with E-state index in [9.17, 15) is 13.2 Å². The predicted molar refractivity (Wildman–Crippen MR) is 91.9 cm³/mol. The zero-order valence-corrected chi connectivity index (χ0v) is 14.6. The fourth-order valence-electron chi connectivity index (χ4n) is 2.09. The van der Waals surface area contributed by atoms with Crippen LogP contribution in [0.15, 0.2) is 24.3 Å². The fraction of sp³-hybridized carbons (Fsp3) is 0.500. The molecule has 0 heterocycles. The molecule has 1 rings (SSSR count). The van der Waals surface area contributed by atoms with E-state index in [1.54, 1.807) is 6.07 Å². The van der Waals surface area contributed by atoms with E-state index in [-0.39, 0.29) is 13.0 Å². The number of hydrogen-bond donors (Lipinski definition) is 2. The Kier molecular flexibility index (Phi) is 7.95. The number of nitrogens with one attached hydrogen (secondary N) is 2. The molecule has 24 heavy (non-hydrogen) atoms. The van der Waals surface area contributed by atoms with Crippen LogP contribution in [0.4, 0.5) is 18.9 Å². The number of alkyl halides is 3. The van der Waals surface area contributed by atoms with Crippen molar-refractivity contribution in [2.45, 2.75) is 19.0 Å². The molecular formula is C16H22F3N4S+. The summed E-state index contributed by atoms with van der Waals surface area (Å²) in [6.07, 6.45) is -3.36. The monoisotopic (exact) mass is 359 g/mol. The van der Waals surface area contributed by atoms with E-state index in [2.05, 4.69) is 5.32 Å². The van der Waals surface area contributed by atoms with Gasteiger partial charge in [-0.05, 0) is 30.4 Å².